The van der Waals surface area contributed by atoms with Crippen LogP contribution in [-0.4, -0.2) is 19.1 Å². The summed E-state index contributed by atoms with van der Waals surface area (Å²) in [5.74, 6) is -0.608. The molecule has 5 heteroatoms. The average Bonchev–Trinajstić information content (AvgIpc) is 2.63. The fourth-order valence-electron chi connectivity index (χ4n) is 3.20. The number of carbonyl (C=O) groups excluding carboxylic acids is 1. The third-order valence-corrected chi connectivity index (χ3v) is 4.59. The van der Waals surface area contributed by atoms with Gasteiger partial charge in [0.25, 0.3) is 0 Å². The molecule has 0 radical (unpaired) electrons. The maximum Gasteiger partial charge on any atom is 0.379 e. The van der Waals surface area contributed by atoms with Gasteiger partial charge in [-0.2, -0.15) is 0 Å². The molecule has 0 atom stereocenters. The van der Waals surface area contributed by atoms with Gasteiger partial charge in [-0.05, 0) is 67.1 Å². The zero-order valence-corrected chi connectivity index (χ0v) is 13.3. The largest absolute Gasteiger partial charge is 0.379 e. The molecular weight excluding hydrogens is 312 g/mol. The van der Waals surface area contributed by atoms with Gasteiger partial charge < -0.3 is 4.90 Å². The van der Waals surface area contributed by atoms with Gasteiger partial charge in [-0.3, -0.25) is 0 Å². The van der Waals surface area contributed by atoms with E-state index < -0.39 is 5.97 Å². The Morgan fingerprint density at radius 3 is 2.25 bits per heavy atom. The van der Waals surface area contributed by atoms with Crippen LogP contribution in [0.15, 0.2) is 48.5 Å². The SMILES string of the molecule is O=C(OF)c1ccc(CC2CCN(c3ccc(F)cc3)CC2)cc1. The number of nitrogens with zero attached hydrogens (tertiary/aromatic N) is 1. The van der Waals surface area contributed by atoms with Crippen LogP contribution in [0.5, 0.6) is 0 Å². The molecule has 1 heterocycles. The van der Waals surface area contributed by atoms with Gasteiger partial charge in [0, 0.05) is 23.3 Å². The second-order valence-corrected chi connectivity index (χ2v) is 6.17. The molecule has 0 bridgehead atoms. The summed E-state index contributed by atoms with van der Waals surface area (Å²) in [4.78, 5) is 16.6. The van der Waals surface area contributed by atoms with E-state index in [2.05, 4.69) is 9.84 Å². The second kappa shape index (κ2) is 7.43. The van der Waals surface area contributed by atoms with Crippen LogP contribution in [0.25, 0.3) is 0 Å². The molecule has 0 aromatic heterocycles. The summed E-state index contributed by atoms with van der Waals surface area (Å²) in [6, 6.07) is 13.5. The van der Waals surface area contributed by atoms with Crippen molar-refractivity contribution in [2.45, 2.75) is 19.3 Å². The maximum atomic E-state index is 13.0. The highest BCUT2D eigenvalue weighted by molar-refractivity contribution is 5.88. The van der Waals surface area contributed by atoms with E-state index in [1.54, 1.807) is 12.1 Å². The molecule has 3 nitrogen and oxygen atoms in total. The summed E-state index contributed by atoms with van der Waals surface area (Å²) >= 11 is 0. The van der Waals surface area contributed by atoms with Crippen molar-refractivity contribution in [1.29, 1.82) is 0 Å². The predicted molar refractivity (Wildman–Crippen MR) is 88.0 cm³/mol. The fourth-order valence-corrected chi connectivity index (χ4v) is 3.20. The Labute approximate surface area is 139 Å². The van der Waals surface area contributed by atoms with E-state index in [1.165, 1.54) is 12.1 Å². The number of halogens is 2. The lowest BCUT2D eigenvalue weighted by molar-refractivity contribution is -0.0788. The highest BCUT2D eigenvalue weighted by Crippen LogP contribution is 2.26. The minimum atomic E-state index is -0.964. The topological polar surface area (TPSA) is 29.5 Å². The van der Waals surface area contributed by atoms with E-state index in [-0.39, 0.29) is 11.4 Å². The van der Waals surface area contributed by atoms with Crippen molar-refractivity contribution in [3.63, 3.8) is 0 Å². The molecule has 0 spiro atoms. The molecule has 0 amide bonds. The molecule has 2 aromatic rings. The molecule has 3 rings (SSSR count). The first-order valence-electron chi connectivity index (χ1n) is 8.08. The molecule has 1 aliphatic rings. The number of rotatable bonds is 4. The van der Waals surface area contributed by atoms with E-state index in [0.717, 1.165) is 43.6 Å². The summed E-state index contributed by atoms with van der Waals surface area (Å²) in [7, 11) is 0. The van der Waals surface area contributed by atoms with Crippen LogP contribution in [0, 0.1) is 11.7 Å². The monoisotopic (exact) mass is 331 g/mol. The molecule has 24 heavy (non-hydrogen) atoms. The van der Waals surface area contributed by atoms with E-state index in [4.69, 9.17) is 0 Å². The number of anilines is 1. The molecule has 0 N–H and O–H groups in total. The Kier molecular flexibility index (Phi) is 5.08. The molecule has 126 valence electrons. The summed E-state index contributed by atoms with van der Waals surface area (Å²) in [6.07, 6.45) is 3.06. The van der Waals surface area contributed by atoms with Crippen LogP contribution >= 0.6 is 0 Å². The van der Waals surface area contributed by atoms with Gasteiger partial charge in [-0.15, -0.1) is 0 Å². The van der Waals surface area contributed by atoms with Crippen molar-refractivity contribution < 1.29 is 18.7 Å². The van der Waals surface area contributed by atoms with Gasteiger partial charge in [-0.1, -0.05) is 12.1 Å². The third-order valence-electron chi connectivity index (χ3n) is 4.59. The lowest BCUT2D eigenvalue weighted by Crippen LogP contribution is -2.34. The van der Waals surface area contributed by atoms with Gasteiger partial charge in [0.05, 0.1) is 5.56 Å². The Hall–Kier alpha value is -2.43. The summed E-state index contributed by atoms with van der Waals surface area (Å²) < 4.78 is 24.9. The number of hydrogen-bond acceptors (Lipinski definition) is 3. The number of hydrogen-bond donors (Lipinski definition) is 0. The van der Waals surface area contributed by atoms with E-state index in [9.17, 15) is 13.7 Å². The molecule has 1 saturated heterocycles. The predicted octanol–water partition coefficient (Wildman–Crippen LogP) is 4.33. The normalized spacial score (nSPS) is 15.3. The first kappa shape index (κ1) is 16.4. The summed E-state index contributed by atoms with van der Waals surface area (Å²) in [6.45, 7) is 1.89. The van der Waals surface area contributed by atoms with Gasteiger partial charge in [0.1, 0.15) is 5.82 Å². The number of carbonyl (C=O) groups is 1. The van der Waals surface area contributed by atoms with Gasteiger partial charge in [0.2, 0.25) is 0 Å². The Balaban J connectivity index is 1.53. The van der Waals surface area contributed by atoms with Crippen LogP contribution in [0.1, 0.15) is 28.8 Å². The first-order valence-corrected chi connectivity index (χ1v) is 8.08. The Bertz CT molecular complexity index is 678. The minimum absolute atomic E-state index is 0.214. The lowest BCUT2D eigenvalue weighted by Gasteiger charge is -2.33. The van der Waals surface area contributed by atoms with Crippen LogP contribution in [0.3, 0.4) is 0 Å². The Morgan fingerprint density at radius 2 is 1.67 bits per heavy atom. The smallest absolute Gasteiger partial charge is 0.372 e. The van der Waals surface area contributed by atoms with E-state index >= 15 is 0 Å². The van der Waals surface area contributed by atoms with Crippen molar-refractivity contribution >= 4 is 11.7 Å². The standard InChI is InChI=1S/C19H19F2NO2/c20-17-5-7-18(8-6-17)22-11-9-15(10-12-22)13-14-1-3-16(4-2-14)19(23)24-21/h1-8,15H,9-13H2. The summed E-state index contributed by atoms with van der Waals surface area (Å²) in [5, 5.41) is 0. The molecule has 1 aliphatic heterocycles. The number of piperidine rings is 1. The minimum Gasteiger partial charge on any atom is -0.372 e. The molecule has 0 unspecified atom stereocenters. The van der Waals surface area contributed by atoms with Crippen LogP contribution in [0.4, 0.5) is 14.6 Å². The van der Waals surface area contributed by atoms with Crippen LogP contribution in [-0.2, 0) is 11.4 Å². The van der Waals surface area contributed by atoms with Crippen LogP contribution in [0.2, 0.25) is 0 Å². The van der Waals surface area contributed by atoms with Crippen molar-refractivity contribution in [3.05, 3.63) is 65.5 Å². The quantitative estimate of drug-likeness (QED) is 0.835. The van der Waals surface area contributed by atoms with Crippen molar-refractivity contribution in [2.75, 3.05) is 18.0 Å². The van der Waals surface area contributed by atoms with Crippen molar-refractivity contribution in [1.82, 2.24) is 0 Å². The lowest BCUT2D eigenvalue weighted by atomic mass is 9.89. The Morgan fingerprint density at radius 1 is 1.04 bits per heavy atom. The van der Waals surface area contributed by atoms with Crippen LogP contribution < -0.4 is 4.90 Å². The van der Waals surface area contributed by atoms with E-state index in [0.29, 0.717) is 5.92 Å². The second-order valence-electron chi connectivity index (χ2n) is 6.17. The third kappa shape index (κ3) is 3.91. The fraction of sp³-hybridized carbons (Fsp3) is 0.316. The van der Waals surface area contributed by atoms with Gasteiger partial charge in [0.15, 0.2) is 0 Å². The average molecular weight is 331 g/mol. The van der Waals surface area contributed by atoms with Crippen molar-refractivity contribution in [2.24, 2.45) is 5.92 Å². The molecule has 2 aromatic carbocycles. The first-order chi connectivity index (χ1) is 11.7. The highest BCUT2D eigenvalue weighted by atomic mass is 19.3. The maximum absolute atomic E-state index is 13.0. The molecule has 1 fully saturated rings. The van der Waals surface area contributed by atoms with E-state index in [1.807, 2.05) is 24.3 Å². The number of benzene rings is 2. The highest BCUT2D eigenvalue weighted by Gasteiger charge is 2.20. The van der Waals surface area contributed by atoms with Gasteiger partial charge in [-0.25, -0.2) is 14.1 Å². The molecule has 0 saturated carbocycles. The molecule has 0 aliphatic carbocycles. The zero-order valence-electron chi connectivity index (χ0n) is 13.3. The van der Waals surface area contributed by atoms with Crippen molar-refractivity contribution in [3.8, 4) is 0 Å². The summed E-state index contributed by atoms with van der Waals surface area (Å²) in [5.41, 5.74) is 2.40. The molecular formula is C19H19F2NO2. The van der Waals surface area contributed by atoms with Gasteiger partial charge >= 0.3 is 5.97 Å². The zero-order chi connectivity index (χ0) is 16.9.